The Morgan fingerprint density at radius 1 is 0.783 bits per heavy atom. The van der Waals surface area contributed by atoms with E-state index in [0.717, 1.165) is 11.3 Å². The normalized spacial score (nSPS) is 25.0. The summed E-state index contributed by atoms with van der Waals surface area (Å²) in [7, 11) is -1.03. The SMILES string of the molecule is O=S(c1ccccc1)[C@@]12C[C@@H]1c1ccccc1-c1ccccc12. The minimum atomic E-state index is -1.03. The van der Waals surface area contributed by atoms with Crippen LogP contribution in [0.5, 0.6) is 0 Å². The first-order chi connectivity index (χ1) is 11.3. The Bertz CT molecular complexity index is 931. The number of benzene rings is 3. The van der Waals surface area contributed by atoms with Gasteiger partial charge in [-0.15, -0.1) is 0 Å². The molecule has 2 heteroatoms. The van der Waals surface area contributed by atoms with Gasteiger partial charge in [0.1, 0.15) is 0 Å². The molecule has 3 aromatic rings. The molecule has 0 aromatic heterocycles. The Hall–Kier alpha value is -2.19. The highest BCUT2D eigenvalue weighted by Crippen LogP contribution is 2.69. The first-order valence-corrected chi connectivity index (χ1v) is 9.13. The van der Waals surface area contributed by atoms with E-state index in [4.69, 9.17) is 0 Å². The minimum Gasteiger partial charge on any atom is -0.253 e. The van der Waals surface area contributed by atoms with Crippen molar-refractivity contribution in [2.24, 2.45) is 0 Å². The lowest BCUT2D eigenvalue weighted by atomic mass is 9.85. The van der Waals surface area contributed by atoms with E-state index in [-0.39, 0.29) is 4.75 Å². The van der Waals surface area contributed by atoms with Crippen molar-refractivity contribution in [2.75, 3.05) is 0 Å². The van der Waals surface area contributed by atoms with Gasteiger partial charge in [0, 0.05) is 10.8 Å². The Morgan fingerprint density at radius 3 is 2.26 bits per heavy atom. The maximum Gasteiger partial charge on any atom is 0.0835 e. The van der Waals surface area contributed by atoms with Crippen LogP contribution in [-0.4, -0.2) is 4.21 Å². The zero-order valence-corrected chi connectivity index (χ0v) is 13.4. The standard InChI is InChI=1S/C21H16OS/c22-23(15-8-2-1-3-9-15)21-14-20(21)18-12-5-4-10-16(18)17-11-6-7-13-19(17)21/h1-13,20H,14H2/t20-,21-,23?/m1/s1. The van der Waals surface area contributed by atoms with E-state index < -0.39 is 10.8 Å². The van der Waals surface area contributed by atoms with Gasteiger partial charge < -0.3 is 0 Å². The molecule has 0 bridgehead atoms. The summed E-state index contributed by atoms with van der Waals surface area (Å²) in [5, 5.41) is 0. The molecule has 1 saturated carbocycles. The summed E-state index contributed by atoms with van der Waals surface area (Å²) in [6.45, 7) is 0. The smallest absolute Gasteiger partial charge is 0.0835 e. The summed E-state index contributed by atoms with van der Waals surface area (Å²) in [6.07, 6.45) is 0.975. The van der Waals surface area contributed by atoms with Gasteiger partial charge in [-0.1, -0.05) is 66.7 Å². The third-order valence-electron chi connectivity index (χ3n) is 5.21. The van der Waals surface area contributed by atoms with Crippen LogP contribution >= 0.6 is 0 Å². The van der Waals surface area contributed by atoms with Crippen LogP contribution in [0.25, 0.3) is 11.1 Å². The summed E-state index contributed by atoms with van der Waals surface area (Å²) in [6, 6.07) is 27.0. The van der Waals surface area contributed by atoms with Gasteiger partial charge in [0.25, 0.3) is 0 Å². The van der Waals surface area contributed by atoms with Gasteiger partial charge in [0.15, 0.2) is 0 Å². The predicted octanol–water partition coefficient (Wildman–Crippen LogP) is 4.86. The average molecular weight is 316 g/mol. The van der Waals surface area contributed by atoms with E-state index in [1.165, 1.54) is 22.3 Å². The van der Waals surface area contributed by atoms with Gasteiger partial charge in [-0.25, -0.2) is 0 Å². The summed E-state index contributed by atoms with van der Waals surface area (Å²) >= 11 is 0. The number of hydrogen-bond donors (Lipinski definition) is 0. The molecule has 0 aliphatic heterocycles. The average Bonchev–Trinajstić information content (AvgIpc) is 3.40. The van der Waals surface area contributed by atoms with E-state index >= 15 is 0 Å². The van der Waals surface area contributed by atoms with Crippen molar-refractivity contribution in [1.29, 1.82) is 0 Å². The van der Waals surface area contributed by atoms with Crippen molar-refractivity contribution in [3.8, 4) is 11.1 Å². The maximum atomic E-state index is 13.4. The van der Waals surface area contributed by atoms with E-state index in [9.17, 15) is 4.21 Å². The maximum absolute atomic E-state index is 13.4. The second kappa shape index (κ2) is 4.65. The second-order valence-electron chi connectivity index (χ2n) is 6.36. The molecule has 3 atom stereocenters. The molecule has 3 aromatic carbocycles. The van der Waals surface area contributed by atoms with Gasteiger partial charge >= 0.3 is 0 Å². The second-order valence-corrected chi connectivity index (χ2v) is 8.10. The zero-order chi connectivity index (χ0) is 15.4. The van der Waals surface area contributed by atoms with Crippen LogP contribution in [0.3, 0.4) is 0 Å². The summed E-state index contributed by atoms with van der Waals surface area (Å²) in [5.74, 6) is 0.370. The highest BCUT2D eigenvalue weighted by molar-refractivity contribution is 7.86. The first kappa shape index (κ1) is 13.3. The summed E-state index contributed by atoms with van der Waals surface area (Å²) < 4.78 is 13.2. The number of hydrogen-bond acceptors (Lipinski definition) is 1. The molecule has 112 valence electrons. The molecule has 0 N–H and O–H groups in total. The van der Waals surface area contributed by atoms with E-state index in [1.54, 1.807) is 0 Å². The highest BCUT2D eigenvalue weighted by Gasteiger charge is 2.64. The monoisotopic (exact) mass is 316 g/mol. The molecule has 5 rings (SSSR count). The largest absolute Gasteiger partial charge is 0.253 e. The lowest BCUT2D eigenvalue weighted by Gasteiger charge is -2.27. The predicted molar refractivity (Wildman–Crippen MR) is 93.8 cm³/mol. The van der Waals surface area contributed by atoms with Crippen LogP contribution in [0.15, 0.2) is 83.8 Å². The highest BCUT2D eigenvalue weighted by atomic mass is 32.2. The molecular weight excluding hydrogens is 300 g/mol. The van der Waals surface area contributed by atoms with Crippen molar-refractivity contribution in [1.82, 2.24) is 0 Å². The molecule has 23 heavy (non-hydrogen) atoms. The van der Waals surface area contributed by atoms with Crippen LogP contribution in [0.4, 0.5) is 0 Å². The Balaban J connectivity index is 1.75. The molecule has 0 radical (unpaired) electrons. The fourth-order valence-electron chi connectivity index (χ4n) is 4.10. The third-order valence-corrected chi connectivity index (χ3v) is 7.24. The van der Waals surface area contributed by atoms with Crippen molar-refractivity contribution in [3.05, 3.63) is 90.0 Å². The van der Waals surface area contributed by atoms with E-state index in [1.807, 2.05) is 30.3 Å². The molecule has 1 unspecified atom stereocenters. The van der Waals surface area contributed by atoms with Crippen LogP contribution in [0.2, 0.25) is 0 Å². The molecule has 0 saturated heterocycles. The molecule has 1 nitrogen and oxygen atoms in total. The van der Waals surface area contributed by atoms with Gasteiger partial charge in [0.05, 0.1) is 15.5 Å². The van der Waals surface area contributed by atoms with Gasteiger partial charge in [-0.05, 0) is 40.8 Å². The molecule has 2 aliphatic rings. The van der Waals surface area contributed by atoms with E-state index in [0.29, 0.717) is 5.92 Å². The topological polar surface area (TPSA) is 17.1 Å². The number of rotatable bonds is 2. The van der Waals surface area contributed by atoms with Gasteiger partial charge in [0.2, 0.25) is 0 Å². The molecule has 0 spiro atoms. The van der Waals surface area contributed by atoms with Crippen LogP contribution in [-0.2, 0) is 15.5 Å². The summed E-state index contributed by atoms with van der Waals surface area (Å²) in [5.41, 5.74) is 5.17. The Kier molecular flexibility index (Phi) is 2.68. The van der Waals surface area contributed by atoms with Gasteiger partial charge in [-0.2, -0.15) is 0 Å². The van der Waals surface area contributed by atoms with Crippen molar-refractivity contribution in [3.63, 3.8) is 0 Å². The minimum absolute atomic E-state index is 0.244. The van der Waals surface area contributed by atoms with Crippen LogP contribution in [0, 0.1) is 0 Å². The lowest BCUT2D eigenvalue weighted by molar-refractivity contribution is 0.668. The van der Waals surface area contributed by atoms with Crippen molar-refractivity contribution < 1.29 is 4.21 Å². The molecule has 1 fully saturated rings. The zero-order valence-electron chi connectivity index (χ0n) is 12.6. The molecule has 2 aliphatic carbocycles. The Labute approximate surface area is 138 Å². The third kappa shape index (κ3) is 1.70. The van der Waals surface area contributed by atoms with E-state index in [2.05, 4.69) is 48.5 Å². The lowest BCUT2D eigenvalue weighted by Crippen LogP contribution is -2.21. The quantitative estimate of drug-likeness (QED) is 0.660. The van der Waals surface area contributed by atoms with Crippen LogP contribution in [0.1, 0.15) is 23.5 Å². The molecule has 0 amide bonds. The van der Waals surface area contributed by atoms with Crippen molar-refractivity contribution >= 4 is 10.8 Å². The fraction of sp³-hybridized carbons (Fsp3) is 0.143. The number of fused-ring (bicyclic) bond motifs is 6. The molecule has 0 heterocycles. The fourth-order valence-corrected chi connectivity index (χ4v) is 6.00. The van der Waals surface area contributed by atoms with Crippen molar-refractivity contribution in [2.45, 2.75) is 22.0 Å². The van der Waals surface area contributed by atoms with Gasteiger partial charge in [-0.3, -0.25) is 4.21 Å². The molecular formula is C21H16OS. The Morgan fingerprint density at radius 2 is 1.43 bits per heavy atom. The first-order valence-electron chi connectivity index (χ1n) is 7.98. The van der Waals surface area contributed by atoms with Crippen LogP contribution < -0.4 is 0 Å². The summed E-state index contributed by atoms with van der Waals surface area (Å²) in [4.78, 5) is 0.934.